The van der Waals surface area contributed by atoms with E-state index in [4.69, 9.17) is 14.0 Å². The monoisotopic (exact) mass is 347 g/mol. The maximum Gasteiger partial charge on any atom is 0.264 e. The first-order valence-electron chi connectivity index (χ1n) is 8.30. The lowest BCUT2D eigenvalue weighted by Gasteiger charge is -2.38. The SMILES string of the molecule is O=C(C1CCCO1)N1CC(c2noc(COc3ccc(F)cc3)n2)C1. The molecule has 7 nitrogen and oxygen atoms in total. The maximum atomic E-state index is 12.8. The van der Waals surface area contributed by atoms with E-state index in [1.165, 1.54) is 24.3 Å². The van der Waals surface area contributed by atoms with E-state index in [1.807, 2.05) is 0 Å². The number of ether oxygens (including phenoxy) is 2. The van der Waals surface area contributed by atoms with Crippen molar-refractivity contribution >= 4 is 5.91 Å². The van der Waals surface area contributed by atoms with Gasteiger partial charge >= 0.3 is 0 Å². The third kappa shape index (κ3) is 3.48. The van der Waals surface area contributed by atoms with E-state index in [-0.39, 0.29) is 30.4 Å². The lowest BCUT2D eigenvalue weighted by molar-refractivity contribution is -0.145. The van der Waals surface area contributed by atoms with E-state index in [0.717, 1.165) is 12.8 Å². The summed E-state index contributed by atoms with van der Waals surface area (Å²) in [6.45, 7) is 1.94. The van der Waals surface area contributed by atoms with Gasteiger partial charge in [0.25, 0.3) is 11.8 Å². The van der Waals surface area contributed by atoms with Gasteiger partial charge in [0, 0.05) is 19.7 Å². The van der Waals surface area contributed by atoms with Crippen molar-refractivity contribution < 1.29 is 23.2 Å². The fourth-order valence-electron chi connectivity index (χ4n) is 2.97. The van der Waals surface area contributed by atoms with Gasteiger partial charge in [-0.15, -0.1) is 0 Å². The van der Waals surface area contributed by atoms with E-state index in [9.17, 15) is 9.18 Å². The van der Waals surface area contributed by atoms with Crippen LogP contribution in [0.5, 0.6) is 5.75 Å². The second-order valence-corrected chi connectivity index (χ2v) is 6.23. The molecule has 0 N–H and O–H groups in total. The number of hydrogen-bond donors (Lipinski definition) is 0. The number of aromatic nitrogens is 2. The Morgan fingerprint density at radius 1 is 1.32 bits per heavy atom. The standard InChI is InChI=1S/C17H18FN3O4/c18-12-3-5-13(6-4-12)24-10-15-19-16(20-25-15)11-8-21(9-11)17(22)14-2-1-7-23-14/h3-6,11,14H,1-2,7-10H2. The molecule has 2 saturated heterocycles. The molecular weight excluding hydrogens is 329 g/mol. The molecule has 1 unspecified atom stereocenters. The van der Waals surface area contributed by atoms with Gasteiger partial charge in [0.15, 0.2) is 12.4 Å². The molecule has 3 heterocycles. The molecule has 2 aromatic rings. The first-order chi connectivity index (χ1) is 12.2. The zero-order chi connectivity index (χ0) is 17.2. The molecule has 0 aliphatic carbocycles. The number of hydrogen-bond acceptors (Lipinski definition) is 6. The predicted molar refractivity (Wildman–Crippen MR) is 83.3 cm³/mol. The summed E-state index contributed by atoms with van der Waals surface area (Å²) in [6, 6.07) is 5.71. The maximum absolute atomic E-state index is 12.8. The highest BCUT2D eigenvalue weighted by atomic mass is 19.1. The van der Waals surface area contributed by atoms with Crippen LogP contribution in [-0.2, 0) is 16.1 Å². The summed E-state index contributed by atoms with van der Waals surface area (Å²) in [5.41, 5.74) is 0. The molecule has 0 bridgehead atoms. The second kappa shape index (κ2) is 6.79. The zero-order valence-electron chi connectivity index (χ0n) is 13.6. The van der Waals surface area contributed by atoms with E-state index in [0.29, 0.717) is 37.2 Å². The van der Waals surface area contributed by atoms with Crippen LogP contribution in [0.3, 0.4) is 0 Å². The van der Waals surface area contributed by atoms with Crippen molar-refractivity contribution in [3.05, 3.63) is 41.8 Å². The van der Waals surface area contributed by atoms with Crippen LogP contribution in [-0.4, -0.2) is 46.7 Å². The van der Waals surface area contributed by atoms with Crippen LogP contribution in [0.25, 0.3) is 0 Å². The fraction of sp³-hybridized carbons (Fsp3) is 0.471. The van der Waals surface area contributed by atoms with Crippen molar-refractivity contribution in [3.8, 4) is 5.75 Å². The summed E-state index contributed by atoms with van der Waals surface area (Å²) >= 11 is 0. The highest BCUT2D eigenvalue weighted by Gasteiger charge is 2.38. The van der Waals surface area contributed by atoms with Crippen LogP contribution in [0.4, 0.5) is 4.39 Å². The van der Waals surface area contributed by atoms with Crippen molar-refractivity contribution in [2.45, 2.75) is 31.5 Å². The average Bonchev–Trinajstić information content (AvgIpc) is 3.25. The Kier molecular flexibility index (Phi) is 4.35. The van der Waals surface area contributed by atoms with Crippen LogP contribution in [0.1, 0.15) is 30.5 Å². The van der Waals surface area contributed by atoms with Crippen LogP contribution in [0.15, 0.2) is 28.8 Å². The molecule has 2 aliphatic heterocycles. The van der Waals surface area contributed by atoms with E-state index in [1.54, 1.807) is 4.90 Å². The number of likely N-dealkylation sites (tertiary alicyclic amines) is 1. The van der Waals surface area contributed by atoms with Crippen molar-refractivity contribution in [1.29, 1.82) is 0 Å². The van der Waals surface area contributed by atoms with Crippen LogP contribution < -0.4 is 4.74 Å². The highest BCUT2D eigenvalue weighted by Crippen LogP contribution is 2.27. The minimum Gasteiger partial charge on any atom is -0.484 e. The minimum absolute atomic E-state index is 0.0529. The molecule has 8 heteroatoms. The third-order valence-electron chi connectivity index (χ3n) is 4.42. The lowest BCUT2D eigenvalue weighted by Crippen LogP contribution is -2.52. The summed E-state index contributed by atoms with van der Waals surface area (Å²) in [5, 5.41) is 3.96. The highest BCUT2D eigenvalue weighted by molar-refractivity contribution is 5.82. The smallest absolute Gasteiger partial charge is 0.264 e. The summed E-state index contributed by atoms with van der Waals surface area (Å²) in [4.78, 5) is 18.3. The van der Waals surface area contributed by atoms with Gasteiger partial charge in [-0.05, 0) is 37.1 Å². The van der Waals surface area contributed by atoms with Gasteiger partial charge in [0.1, 0.15) is 17.7 Å². The molecule has 1 atom stereocenters. The molecular formula is C17H18FN3O4. The van der Waals surface area contributed by atoms with Gasteiger partial charge in [-0.1, -0.05) is 5.16 Å². The molecule has 0 spiro atoms. The first kappa shape index (κ1) is 16.0. The summed E-state index contributed by atoms with van der Waals surface area (Å²) in [6.07, 6.45) is 1.45. The van der Waals surface area contributed by atoms with Gasteiger partial charge in [-0.3, -0.25) is 4.79 Å². The molecule has 1 amide bonds. The Morgan fingerprint density at radius 2 is 2.12 bits per heavy atom. The first-order valence-corrected chi connectivity index (χ1v) is 8.30. The number of carbonyl (C=O) groups excluding carboxylic acids is 1. The van der Waals surface area contributed by atoms with E-state index < -0.39 is 0 Å². The Hall–Kier alpha value is -2.48. The predicted octanol–water partition coefficient (Wildman–Crippen LogP) is 1.89. The molecule has 0 saturated carbocycles. The number of carbonyl (C=O) groups is 1. The van der Waals surface area contributed by atoms with Crippen molar-refractivity contribution in [2.24, 2.45) is 0 Å². The molecule has 25 heavy (non-hydrogen) atoms. The van der Waals surface area contributed by atoms with Crippen molar-refractivity contribution in [3.63, 3.8) is 0 Å². The molecule has 1 aromatic carbocycles. The number of benzene rings is 1. The Balaban J connectivity index is 1.27. The molecule has 2 fully saturated rings. The largest absolute Gasteiger partial charge is 0.484 e. The molecule has 132 valence electrons. The van der Waals surface area contributed by atoms with Crippen LogP contribution in [0, 0.1) is 5.82 Å². The topological polar surface area (TPSA) is 77.7 Å². The fourth-order valence-corrected chi connectivity index (χ4v) is 2.97. The third-order valence-corrected chi connectivity index (χ3v) is 4.42. The number of halogens is 1. The average molecular weight is 347 g/mol. The van der Waals surface area contributed by atoms with Crippen molar-refractivity contribution in [1.82, 2.24) is 15.0 Å². The van der Waals surface area contributed by atoms with Gasteiger partial charge in [-0.25, -0.2) is 4.39 Å². The summed E-state index contributed by atoms with van der Waals surface area (Å²) < 4.78 is 28.9. The molecule has 0 radical (unpaired) electrons. The molecule has 2 aliphatic rings. The molecule has 4 rings (SSSR count). The zero-order valence-corrected chi connectivity index (χ0v) is 13.6. The normalized spacial score (nSPS) is 20.5. The Morgan fingerprint density at radius 3 is 2.84 bits per heavy atom. The second-order valence-electron chi connectivity index (χ2n) is 6.23. The van der Waals surface area contributed by atoms with Gasteiger partial charge in [0.2, 0.25) is 0 Å². The number of amides is 1. The van der Waals surface area contributed by atoms with Gasteiger partial charge in [-0.2, -0.15) is 4.98 Å². The quantitative estimate of drug-likeness (QED) is 0.822. The van der Waals surface area contributed by atoms with Gasteiger partial charge < -0.3 is 18.9 Å². The van der Waals surface area contributed by atoms with E-state index >= 15 is 0 Å². The number of rotatable bonds is 5. The Labute approximate surface area is 143 Å². The van der Waals surface area contributed by atoms with Crippen LogP contribution >= 0.6 is 0 Å². The summed E-state index contributed by atoms with van der Waals surface area (Å²) in [7, 11) is 0. The summed E-state index contributed by atoms with van der Waals surface area (Å²) in [5.74, 6) is 1.26. The van der Waals surface area contributed by atoms with Crippen LogP contribution in [0.2, 0.25) is 0 Å². The minimum atomic E-state index is -0.320. The Bertz CT molecular complexity index is 737. The van der Waals surface area contributed by atoms with Gasteiger partial charge in [0.05, 0.1) is 5.92 Å². The number of nitrogens with zero attached hydrogens (tertiary/aromatic N) is 3. The van der Waals surface area contributed by atoms with E-state index in [2.05, 4.69) is 10.1 Å². The molecule has 1 aromatic heterocycles. The van der Waals surface area contributed by atoms with Crippen molar-refractivity contribution in [2.75, 3.05) is 19.7 Å². The lowest BCUT2D eigenvalue weighted by atomic mass is 9.98.